The van der Waals surface area contributed by atoms with Crippen LogP contribution in [0.4, 0.5) is 5.69 Å². The van der Waals surface area contributed by atoms with Gasteiger partial charge in [0.1, 0.15) is 12.4 Å². The molecule has 184 valence electrons. The Kier molecular flexibility index (Phi) is 7.73. The molecule has 0 aliphatic carbocycles. The smallest absolute Gasteiger partial charge is 0.267 e. The molecule has 0 unspecified atom stereocenters. The van der Waals surface area contributed by atoms with E-state index in [4.69, 9.17) is 21.3 Å². The van der Waals surface area contributed by atoms with Gasteiger partial charge < -0.3 is 4.74 Å². The molecule has 6 heteroatoms. The SMILES string of the molecule is C[C@H](c1ccccc1)N1C(=O)/C(=C\c2ccc(OCc3ccccc3Cl)cc2)SC1=Nc1ccccc1. The first kappa shape index (κ1) is 24.9. The van der Waals surface area contributed by atoms with Crippen LogP contribution in [0.3, 0.4) is 0 Å². The molecule has 4 aromatic carbocycles. The van der Waals surface area contributed by atoms with Gasteiger partial charge in [-0.05, 0) is 66.2 Å². The number of amidine groups is 1. The zero-order valence-corrected chi connectivity index (χ0v) is 21.8. The lowest BCUT2D eigenvalue weighted by molar-refractivity contribution is -0.123. The fraction of sp³-hybridized carbons (Fsp3) is 0.0968. The predicted molar refractivity (Wildman–Crippen MR) is 153 cm³/mol. The number of carbonyl (C=O) groups is 1. The average molecular weight is 525 g/mol. The number of ether oxygens (including phenoxy) is 1. The summed E-state index contributed by atoms with van der Waals surface area (Å²) in [5.74, 6) is 0.674. The van der Waals surface area contributed by atoms with E-state index in [-0.39, 0.29) is 11.9 Å². The number of hydrogen-bond donors (Lipinski definition) is 0. The first-order chi connectivity index (χ1) is 18.1. The van der Waals surface area contributed by atoms with Crippen molar-refractivity contribution < 1.29 is 9.53 Å². The second-order valence-electron chi connectivity index (χ2n) is 8.55. The fourth-order valence-electron chi connectivity index (χ4n) is 3.99. The van der Waals surface area contributed by atoms with Crippen molar-refractivity contribution in [1.29, 1.82) is 0 Å². The quantitative estimate of drug-likeness (QED) is 0.228. The van der Waals surface area contributed by atoms with Crippen LogP contribution in [-0.4, -0.2) is 16.0 Å². The van der Waals surface area contributed by atoms with Crippen LogP contribution in [0, 0.1) is 0 Å². The van der Waals surface area contributed by atoms with Crippen molar-refractivity contribution in [2.24, 2.45) is 4.99 Å². The first-order valence-electron chi connectivity index (χ1n) is 12.0. The summed E-state index contributed by atoms with van der Waals surface area (Å²) in [5.41, 5.74) is 3.71. The van der Waals surface area contributed by atoms with Gasteiger partial charge >= 0.3 is 0 Å². The van der Waals surface area contributed by atoms with E-state index < -0.39 is 0 Å². The molecule has 0 saturated carbocycles. The molecule has 0 radical (unpaired) electrons. The lowest BCUT2D eigenvalue weighted by Crippen LogP contribution is -2.32. The van der Waals surface area contributed by atoms with E-state index in [0.717, 1.165) is 28.1 Å². The summed E-state index contributed by atoms with van der Waals surface area (Å²) < 4.78 is 5.90. The molecule has 0 aromatic heterocycles. The number of amides is 1. The summed E-state index contributed by atoms with van der Waals surface area (Å²) in [7, 11) is 0. The Hall–Kier alpha value is -3.80. The number of thioether (sulfide) groups is 1. The van der Waals surface area contributed by atoms with Crippen LogP contribution < -0.4 is 4.74 Å². The minimum atomic E-state index is -0.157. The number of halogens is 1. The molecule has 0 spiro atoms. The molecule has 1 atom stereocenters. The van der Waals surface area contributed by atoms with Gasteiger partial charge in [-0.15, -0.1) is 0 Å². The van der Waals surface area contributed by atoms with Crippen molar-refractivity contribution >= 4 is 46.2 Å². The van der Waals surface area contributed by atoms with Crippen LogP contribution in [0.25, 0.3) is 6.08 Å². The van der Waals surface area contributed by atoms with Gasteiger partial charge in [-0.25, -0.2) is 4.99 Å². The van der Waals surface area contributed by atoms with E-state index in [1.54, 1.807) is 4.90 Å². The second-order valence-corrected chi connectivity index (χ2v) is 9.97. The van der Waals surface area contributed by atoms with Gasteiger partial charge in [-0.3, -0.25) is 9.69 Å². The van der Waals surface area contributed by atoms with E-state index in [2.05, 4.69) is 0 Å². The topological polar surface area (TPSA) is 41.9 Å². The van der Waals surface area contributed by atoms with Crippen molar-refractivity contribution in [3.63, 3.8) is 0 Å². The number of para-hydroxylation sites is 1. The first-order valence-corrected chi connectivity index (χ1v) is 13.2. The lowest BCUT2D eigenvalue weighted by atomic mass is 10.1. The highest BCUT2D eigenvalue weighted by Crippen LogP contribution is 2.39. The van der Waals surface area contributed by atoms with Gasteiger partial charge in [0.15, 0.2) is 5.17 Å². The van der Waals surface area contributed by atoms with Gasteiger partial charge in [-0.1, -0.05) is 90.5 Å². The summed E-state index contributed by atoms with van der Waals surface area (Å²) in [6.07, 6.45) is 1.91. The highest BCUT2D eigenvalue weighted by molar-refractivity contribution is 8.18. The molecular weight excluding hydrogens is 500 g/mol. The minimum absolute atomic E-state index is 0.0601. The van der Waals surface area contributed by atoms with Gasteiger partial charge in [0.05, 0.1) is 16.6 Å². The maximum Gasteiger partial charge on any atom is 0.267 e. The molecular formula is C31H25ClN2O2S. The third kappa shape index (κ3) is 5.96. The molecule has 37 heavy (non-hydrogen) atoms. The molecule has 1 fully saturated rings. The number of rotatable bonds is 7. The van der Waals surface area contributed by atoms with E-state index >= 15 is 0 Å². The van der Waals surface area contributed by atoms with E-state index in [9.17, 15) is 4.79 Å². The highest BCUT2D eigenvalue weighted by atomic mass is 35.5. The molecule has 4 nitrogen and oxygen atoms in total. The Morgan fingerprint density at radius 3 is 2.24 bits per heavy atom. The van der Waals surface area contributed by atoms with Gasteiger partial charge in [0.2, 0.25) is 0 Å². The molecule has 4 aromatic rings. The van der Waals surface area contributed by atoms with Gasteiger partial charge in [0, 0.05) is 10.6 Å². The Morgan fingerprint density at radius 2 is 1.54 bits per heavy atom. The van der Waals surface area contributed by atoms with Crippen molar-refractivity contribution in [1.82, 2.24) is 4.90 Å². The standard InChI is InChI=1S/C31H25ClN2O2S/c1-22(24-10-4-2-5-11-24)34-30(35)29(37-31(34)33-26-13-6-3-7-14-26)20-23-16-18-27(19-17-23)36-21-25-12-8-9-15-28(25)32/h2-20,22H,21H2,1H3/b29-20+,33-31?/t22-/m1/s1. The van der Waals surface area contributed by atoms with Gasteiger partial charge in [0.25, 0.3) is 5.91 Å². The van der Waals surface area contributed by atoms with Gasteiger partial charge in [-0.2, -0.15) is 0 Å². The predicted octanol–water partition coefficient (Wildman–Crippen LogP) is 8.28. The number of nitrogens with zero attached hydrogens (tertiary/aromatic N) is 2. The molecule has 1 aliphatic rings. The van der Waals surface area contributed by atoms with E-state index in [1.165, 1.54) is 11.8 Å². The molecule has 5 rings (SSSR count). The summed E-state index contributed by atoms with van der Waals surface area (Å²) in [5, 5.41) is 1.35. The molecule has 1 aliphatic heterocycles. The molecule has 1 amide bonds. The Morgan fingerprint density at radius 1 is 0.892 bits per heavy atom. The molecule has 0 N–H and O–H groups in total. The third-order valence-corrected chi connectivity index (χ3v) is 7.37. The zero-order chi connectivity index (χ0) is 25.6. The third-order valence-electron chi connectivity index (χ3n) is 6.02. The summed E-state index contributed by atoms with van der Waals surface area (Å²) >= 11 is 7.62. The maximum absolute atomic E-state index is 13.6. The Labute approximate surface area is 226 Å². The normalized spacial score (nSPS) is 16.4. The van der Waals surface area contributed by atoms with Crippen LogP contribution in [-0.2, 0) is 11.4 Å². The second kappa shape index (κ2) is 11.5. The minimum Gasteiger partial charge on any atom is -0.489 e. The number of hydrogen-bond acceptors (Lipinski definition) is 4. The summed E-state index contributed by atoms with van der Waals surface area (Å²) in [6, 6.07) is 34.9. The number of carbonyl (C=O) groups excluding carboxylic acids is 1. The number of benzene rings is 4. The molecule has 0 bridgehead atoms. The Bertz CT molecular complexity index is 1440. The largest absolute Gasteiger partial charge is 0.489 e. The van der Waals surface area contributed by atoms with Crippen LogP contribution in [0.15, 0.2) is 119 Å². The summed E-state index contributed by atoms with van der Waals surface area (Å²) in [4.78, 5) is 20.8. The lowest BCUT2D eigenvalue weighted by Gasteiger charge is -2.24. The van der Waals surface area contributed by atoms with Crippen molar-refractivity contribution in [2.75, 3.05) is 0 Å². The van der Waals surface area contributed by atoms with E-state index in [0.29, 0.717) is 21.7 Å². The van der Waals surface area contributed by atoms with E-state index in [1.807, 2.05) is 122 Å². The van der Waals surface area contributed by atoms with Crippen molar-refractivity contribution in [2.45, 2.75) is 19.6 Å². The maximum atomic E-state index is 13.6. The van der Waals surface area contributed by atoms with Crippen LogP contribution in [0.1, 0.15) is 29.7 Å². The number of aliphatic imine (C=N–C) groups is 1. The molecule has 1 heterocycles. The highest BCUT2D eigenvalue weighted by Gasteiger charge is 2.37. The Balaban J connectivity index is 1.38. The molecule has 1 saturated heterocycles. The van der Waals surface area contributed by atoms with Crippen molar-refractivity contribution in [3.05, 3.63) is 136 Å². The summed E-state index contributed by atoms with van der Waals surface area (Å²) in [6.45, 7) is 2.42. The van der Waals surface area contributed by atoms with Crippen molar-refractivity contribution in [3.8, 4) is 5.75 Å². The monoisotopic (exact) mass is 524 g/mol. The average Bonchev–Trinajstić information content (AvgIpc) is 3.23. The van der Waals surface area contributed by atoms with Crippen LogP contribution >= 0.6 is 23.4 Å². The zero-order valence-electron chi connectivity index (χ0n) is 20.3. The van der Waals surface area contributed by atoms with Crippen LogP contribution in [0.2, 0.25) is 5.02 Å². The fourth-order valence-corrected chi connectivity index (χ4v) is 5.25. The van der Waals surface area contributed by atoms with Crippen LogP contribution in [0.5, 0.6) is 5.75 Å².